The van der Waals surface area contributed by atoms with E-state index in [0.717, 1.165) is 12.2 Å². The van der Waals surface area contributed by atoms with Gasteiger partial charge in [-0.1, -0.05) is 0 Å². The van der Waals surface area contributed by atoms with E-state index in [1.165, 1.54) is 0 Å². The van der Waals surface area contributed by atoms with Gasteiger partial charge in [0, 0.05) is 17.9 Å². The van der Waals surface area contributed by atoms with Gasteiger partial charge in [0.25, 0.3) is 0 Å². The molecule has 6 nitrogen and oxygen atoms in total. The van der Waals surface area contributed by atoms with E-state index in [1.807, 2.05) is 6.07 Å². The molecule has 1 aromatic carbocycles. The Morgan fingerprint density at radius 3 is 2.76 bits per heavy atom. The largest absolute Gasteiger partial charge is 0.490 e. The molecule has 2 atom stereocenters. The Morgan fingerprint density at radius 2 is 1.96 bits per heavy atom. The van der Waals surface area contributed by atoms with E-state index in [0.29, 0.717) is 36.7 Å². The van der Waals surface area contributed by atoms with Crippen LogP contribution in [-0.4, -0.2) is 31.6 Å². The molecule has 0 radical (unpaired) electrons. The molecule has 130 valence electrons. The molecule has 4 rings (SSSR count). The number of carbonyl (C=O) groups is 2. The summed E-state index contributed by atoms with van der Waals surface area (Å²) < 4.78 is 21.6. The lowest BCUT2D eigenvalue weighted by Gasteiger charge is -2.09. The van der Waals surface area contributed by atoms with Gasteiger partial charge in [0.15, 0.2) is 23.9 Å². The second-order valence-corrected chi connectivity index (χ2v) is 6.21. The number of rotatable bonds is 5. The van der Waals surface area contributed by atoms with Gasteiger partial charge in [-0.05, 0) is 36.8 Å². The molecule has 0 spiro atoms. The predicted octanol–water partition coefficient (Wildman–Crippen LogP) is 2.97. The van der Waals surface area contributed by atoms with Gasteiger partial charge >= 0.3 is 5.97 Å². The van der Waals surface area contributed by atoms with Gasteiger partial charge in [-0.3, -0.25) is 9.59 Å². The smallest absolute Gasteiger partial charge is 0.310 e. The van der Waals surface area contributed by atoms with Gasteiger partial charge in [0.1, 0.15) is 5.76 Å². The molecule has 1 aliphatic heterocycles. The SMILES string of the molecule is O=C(COC(=O)[C@@H]1C[C@H]1c1ccco1)c1ccc2c(c1)OCCCO2. The third-order valence-corrected chi connectivity index (χ3v) is 4.42. The highest BCUT2D eigenvalue weighted by atomic mass is 16.5. The fourth-order valence-electron chi connectivity index (χ4n) is 2.94. The number of esters is 1. The lowest BCUT2D eigenvalue weighted by atomic mass is 10.1. The van der Waals surface area contributed by atoms with Crippen molar-refractivity contribution in [3.8, 4) is 11.5 Å². The molecular formula is C19H18O6. The van der Waals surface area contributed by atoms with Crippen LogP contribution in [0.15, 0.2) is 41.0 Å². The summed E-state index contributed by atoms with van der Waals surface area (Å²) in [6, 6.07) is 8.65. The molecule has 0 unspecified atom stereocenters. The van der Waals surface area contributed by atoms with Crippen LogP contribution in [0.4, 0.5) is 0 Å². The number of hydrogen-bond donors (Lipinski definition) is 0. The van der Waals surface area contributed by atoms with Crippen LogP contribution in [0, 0.1) is 5.92 Å². The third kappa shape index (κ3) is 3.38. The highest BCUT2D eigenvalue weighted by Crippen LogP contribution is 2.48. The van der Waals surface area contributed by atoms with E-state index < -0.39 is 0 Å². The fourth-order valence-corrected chi connectivity index (χ4v) is 2.94. The van der Waals surface area contributed by atoms with Crippen molar-refractivity contribution in [2.24, 2.45) is 5.92 Å². The van der Waals surface area contributed by atoms with E-state index in [1.54, 1.807) is 30.5 Å². The summed E-state index contributed by atoms with van der Waals surface area (Å²) >= 11 is 0. The summed E-state index contributed by atoms with van der Waals surface area (Å²) in [6.45, 7) is 0.867. The molecule has 1 saturated carbocycles. The summed E-state index contributed by atoms with van der Waals surface area (Å²) in [5.74, 6) is 1.19. The molecule has 2 heterocycles. The van der Waals surface area contributed by atoms with Crippen LogP contribution in [0.1, 0.15) is 34.9 Å². The van der Waals surface area contributed by atoms with Crippen molar-refractivity contribution in [2.45, 2.75) is 18.8 Å². The first-order valence-corrected chi connectivity index (χ1v) is 8.35. The minimum absolute atomic E-state index is 0.0654. The molecule has 2 aliphatic rings. The van der Waals surface area contributed by atoms with Crippen LogP contribution >= 0.6 is 0 Å². The summed E-state index contributed by atoms with van der Waals surface area (Å²) in [5, 5.41) is 0. The molecule has 0 saturated heterocycles. The zero-order chi connectivity index (χ0) is 17.2. The van der Waals surface area contributed by atoms with Crippen LogP contribution in [0.2, 0.25) is 0 Å². The molecule has 1 aromatic heterocycles. The van der Waals surface area contributed by atoms with Crippen LogP contribution in [0.3, 0.4) is 0 Å². The topological polar surface area (TPSA) is 75.0 Å². The molecule has 2 aromatic rings. The van der Waals surface area contributed by atoms with Crippen LogP contribution in [0.25, 0.3) is 0 Å². The second-order valence-electron chi connectivity index (χ2n) is 6.21. The van der Waals surface area contributed by atoms with Crippen molar-refractivity contribution in [3.05, 3.63) is 47.9 Å². The molecule has 1 aliphatic carbocycles. The van der Waals surface area contributed by atoms with E-state index in [-0.39, 0.29) is 30.2 Å². The number of ether oxygens (including phenoxy) is 3. The number of Topliss-reactive ketones (excluding diaryl/α,β-unsaturated/α-hetero) is 1. The van der Waals surface area contributed by atoms with Crippen molar-refractivity contribution in [2.75, 3.05) is 19.8 Å². The van der Waals surface area contributed by atoms with Gasteiger partial charge in [0.2, 0.25) is 0 Å². The summed E-state index contributed by atoms with van der Waals surface area (Å²) in [4.78, 5) is 24.3. The maximum Gasteiger partial charge on any atom is 0.310 e. The first-order valence-electron chi connectivity index (χ1n) is 8.35. The van der Waals surface area contributed by atoms with Gasteiger partial charge in [0.05, 0.1) is 25.4 Å². The monoisotopic (exact) mass is 342 g/mol. The Labute approximate surface area is 144 Å². The van der Waals surface area contributed by atoms with Crippen LogP contribution in [-0.2, 0) is 9.53 Å². The average Bonchev–Trinajstić information content (AvgIpc) is 3.32. The molecule has 0 amide bonds. The van der Waals surface area contributed by atoms with Gasteiger partial charge in [-0.25, -0.2) is 0 Å². The van der Waals surface area contributed by atoms with E-state index >= 15 is 0 Å². The standard InChI is InChI=1S/C19H18O6/c20-15(12-4-5-17-18(9-12)24-8-2-7-23-17)11-25-19(21)14-10-13(14)16-3-1-6-22-16/h1,3-6,9,13-14H,2,7-8,10-11H2/t13-,14-/m1/s1. The zero-order valence-corrected chi connectivity index (χ0v) is 13.6. The van der Waals surface area contributed by atoms with Crippen molar-refractivity contribution in [3.63, 3.8) is 0 Å². The number of furan rings is 1. The molecule has 0 N–H and O–H groups in total. The van der Waals surface area contributed by atoms with Crippen molar-refractivity contribution >= 4 is 11.8 Å². The molecular weight excluding hydrogens is 324 g/mol. The Morgan fingerprint density at radius 1 is 1.12 bits per heavy atom. The van der Waals surface area contributed by atoms with Crippen LogP contribution < -0.4 is 9.47 Å². The van der Waals surface area contributed by atoms with Gasteiger partial charge in [-0.15, -0.1) is 0 Å². The highest BCUT2D eigenvalue weighted by Gasteiger charge is 2.47. The van der Waals surface area contributed by atoms with Crippen molar-refractivity contribution in [1.82, 2.24) is 0 Å². The Hall–Kier alpha value is -2.76. The zero-order valence-electron chi connectivity index (χ0n) is 13.6. The molecule has 0 bridgehead atoms. The number of carbonyl (C=O) groups excluding carboxylic acids is 2. The number of fused-ring (bicyclic) bond motifs is 1. The highest BCUT2D eigenvalue weighted by molar-refractivity contribution is 5.98. The number of benzene rings is 1. The Balaban J connectivity index is 1.33. The van der Waals surface area contributed by atoms with E-state index in [4.69, 9.17) is 18.6 Å². The van der Waals surface area contributed by atoms with Gasteiger partial charge in [-0.2, -0.15) is 0 Å². The molecule has 6 heteroatoms. The summed E-state index contributed by atoms with van der Waals surface area (Å²) in [7, 11) is 0. The van der Waals surface area contributed by atoms with Crippen molar-refractivity contribution < 1.29 is 28.2 Å². The minimum atomic E-state index is -0.357. The lowest BCUT2D eigenvalue weighted by Crippen LogP contribution is -2.16. The van der Waals surface area contributed by atoms with Crippen LogP contribution in [0.5, 0.6) is 11.5 Å². The first kappa shape index (κ1) is 15.7. The average molecular weight is 342 g/mol. The Bertz CT molecular complexity index is 779. The Kier molecular flexibility index (Phi) is 4.17. The lowest BCUT2D eigenvalue weighted by molar-refractivity contribution is -0.144. The summed E-state index contributed by atoms with van der Waals surface area (Å²) in [5.41, 5.74) is 0.440. The molecule has 25 heavy (non-hydrogen) atoms. The quantitative estimate of drug-likeness (QED) is 0.614. The second kappa shape index (κ2) is 6.63. The number of hydrogen-bond acceptors (Lipinski definition) is 6. The summed E-state index contributed by atoms with van der Waals surface area (Å²) in [6.07, 6.45) is 3.09. The normalized spacial score (nSPS) is 21.3. The van der Waals surface area contributed by atoms with E-state index in [2.05, 4.69) is 0 Å². The minimum Gasteiger partial charge on any atom is -0.490 e. The third-order valence-electron chi connectivity index (χ3n) is 4.42. The maximum atomic E-state index is 12.3. The van der Waals surface area contributed by atoms with E-state index in [9.17, 15) is 9.59 Å². The van der Waals surface area contributed by atoms with Gasteiger partial charge < -0.3 is 18.6 Å². The maximum absolute atomic E-state index is 12.3. The fraction of sp³-hybridized carbons (Fsp3) is 0.368. The van der Waals surface area contributed by atoms with Crippen molar-refractivity contribution in [1.29, 1.82) is 0 Å². The predicted molar refractivity (Wildman–Crippen MR) is 86.9 cm³/mol. The number of ketones is 1. The molecule has 1 fully saturated rings. The first-order chi connectivity index (χ1) is 12.2.